The Kier molecular flexibility index (Phi) is 7.48. The number of ether oxygens (including phenoxy) is 3. The minimum Gasteiger partial charge on any atom is -0.497 e. The van der Waals surface area contributed by atoms with E-state index in [2.05, 4.69) is 10.5 Å². The van der Waals surface area contributed by atoms with Crippen LogP contribution >= 0.6 is 0 Å². The summed E-state index contributed by atoms with van der Waals surface area (Å²) in [6.45, 7) is 7.86. The Morgan fingerprint density at radius 1 is 1.07 bits per heavy atom. The van der Waals surface area contributed by atoms with E-state index in [-0.39, 0.29) is 5.91 Å². The molecule has 0 atom stereocenters. The molecule has 6 nitrogen and oxygen atoms in total. The number of nitrogens with one attached hydrogen (secondary N) is 2. The highest BCUT2D eigenvalue weighted by Crippen LogP contribution is 2.39. The van der Waals surface area contributed by atoms with Crippen LogP contribution in [0.1, 0.15) is 38.1 Å². The second-order valence-corrected chi connectivity index (χ2v) is 6.70. The van der Waals surface area contributed by atoms with Crippen LogP contribution in [0.25, 0.3) is 0 Å². The minimum atomic E-state index is -6.00. The highest BCUT2D eigenvalue weighted by molar-refractivity contribution is 6.50. The van der Waals surface area contributed by atoms with Crippen LogP contribution in [0.5, 0.6) is 5.75 Å². The van der Waals surface area contributed by atoms with Crippen LogP contribution in [0.2, 0.25) is 0 Å². The number of rotatable bonds is 4. The van der Waals surface area contributed by atoms with Gasteiger partial charge in [0, 0.05) is 5.56 Å². The van der Waals surface area contributed by atoms with E-state index in [1.807, 2.05) is 27.7 Å². The van der Waals surface area contributed by atoms with Crippen LogP contribution in [-0.2, 0) is 9.47 Å². The number of amides is 1. The molecule has 1 aromatic rings. The second-order valence-electron chi connectivity index (χ2n) is 6.70. The fraction of sp³-hybridized carbons (Fsp3) is 0.412. The molecule has 0 spiro atoms. The Balaban J connectivity index is 0.000000696. The summed E-state index contributed by atoms with van der Waals surface area (Å²) in [7, 11) is -4.42. The van der Waals surface area contributed by atoms with Gasteiger partial charge in [-0.3, -0.25) is 4.79 Å². The molecule has 156 valence electrons. The van der Waals surface area contributed by atoms with Crippen molar-refractivity contribution in [2.45, 2.75) is 38.9 Å². The zero-order valence-electron chi connectivity index (χ0n) is 16.2. The molecule has 0 radical (unpaired) electrons. The number of carbonyl (C=O) groups is 1. The molecule has 28 heavy (non-hydrogen) atoms. The first-order chi connectivity index (χ1) is 12.7. The van der Waals surface area contributed by atoms with Crippen molar-refractivity contribution in [1.29, 1.82) is 0 Å². The first-order valence-corrected chi connectivity index (χ1v) is 8.24. The Hall–Kier alpha value is -2.72. The molecule has 0 saturated carbocycles. The second kappa shape index (κ2) is 8.98. The Bertz CT molecular complexity index is 708. The molecule has 1 fully saturated rings. The summed E-state index contributed by atoms with van der Waals surface area (Å²) in [5.74, 6) is 0.856. The number of benzene rings is 1. The first-order valence-electron chi connectivity index (χ1n) is 8.24. The molecule has 1 aliphatic rings. The maximum absolute atomic E-state index is 11.9. The summed E-state index contributed by atoms with van der Waals surface area (Å²) in [4.78, 5) is 11.9. The summed E-state index contributed by atoms with van der Waals surface area (Å²) < 4.78 is 55.5. The van der Waals surface area contributed by atoms with Crippen molar-refractivity contribution in [2.24, 2.45) is 0 Å². The average molecular weight is 406 g/mol. The Labute approximate surface area is 160 Å². The van der Waals surface area contributed by atoms with E-state index in [0.29, 0.717) is 17.3 Å². The standard InChI is InChI=1S/C17H22N2O4.BF4/c1-16(2)17(3,4)23-14(22-16)10-11-18-19-15(20)12-6-8-13(21-5)9-7-12;2-1(3,4)5/h6-11H,1-5H3,(H,19,20);/q;-1/p+1. The molecule has 0 aromatic heterocycles. The third-order valence-corrected chi connectivity index (χ3v) is 4.00. The first kappa shape index (κ1) is 23.3. The predicted octanol–water partition coefficient (Wildman–Crippen LogP) is 2.24. The van der Waals surface area contributed by atoms with Crippen molar-refractivity contribution in [3.05, 3.63) is 41.9 Å². The average Bonchev–Trinajstić information content (AvgIpc) is 2.77. The number of hydrazine groups is 1. The van der Waals surface area contributed by atoms with Gasteiger partial charge >= 0.3 is 13.2 Å². The lowest BCUT2D eigenvalue weighted by Crippen LogP contribution is -2.81. The third-order valence-electron chi connectivity index (χ3n) is 4.00. The lowest BCUT2D eigenvalue weighted by Gasteiger charge is -2.28. The number of hydrazone groups is 1. The fourth-order valence-electron chi connectivity index (χ4n) is 1.87. The number of halogens is 4. The molecular weight excluding hydrogens is 383 g/mol. The number of allylic oxidation sites excluding steroid dienone is 1. The van der Waals surface area contributed by atoms with Gasteiger partial charge in [-0.2, -0.15) is 0 Å². The summed E-state index contributed by atoms with van der Waals surface area (Å²) in [5, 5.41) is 2.70. The smallest absolute Gasteiger partial charge is 0.497 e. The topological polar surface area (TPSA) is 70.8 Å². The van der Waals surface area contributed by atoms with Gasteiger partial charge < -0.3 is 31.5 Å². The molecule has 0 aliphatic carbocycles. The molecule has 0 bridgehead atoms. The third kappa shape index (κ3) is 7.49. The quantitative estimate of drug-likeness (QED) is 0.348. The molecule has 1 amide bonds. The zero-order chi connectivity index (χ0) is 21.6. The van der Waals surface area contributed by atoms with Crippen molar-refractivity contribution in [2.75, 3.05) is 7.11 Å². The lowest BCUT2D eigenvalue weighted by atomic mass is 9.90. The van der Waals surface area contributed by atoms with E-state index in [1.165, 1.54) is 0 Å². The minimum absolute atomic E-state index is 0.253. The highest BCUT2D eigenvalue weighted by atomic mass is 19.5. The van der Waals surface area contributed by atoms with Crippen molar-refractivity contribution >= 4 is 19.4 Å². The maximum atomic E-state index is 11.9. The number of hydrogen-bond acceptors (Lipinski definition) is 4. The van der Waals surface area contributed by atoms with Crippen molar-refractivity contribution < 1.29 is 41.4 Å². The number of carbonyl (C=O) groups excluding carboxylic acids is 1. The molecule has 0 unspecified atom stereocenters. The van der Waals surface area contributed by atoms with Crippen molar-refractivity contribution in [3.8, 4) is 5.75 Å². The van der Waals surface area contributed by atoms with Gasteiger partial charge in [-0.25, -0.2) is 0 Å². The van der Waals surface area contributed by atoms with E-state index in [9.17, 15) is 22.1 Å². The molecule has 11 heteroatoms. The Morgan fingerprint density at radius 2 is 1.54 bits per heavy atom. The van der Waals surface area contributed by atoms with Gasteiger partial charge in [0.15, 0.2) is 6.21 Å². The van der Waals surface area contributed by atoms with Gasteiger partial charge in [-0.1, -0.05) is 0 Å². The summed E-state index contributed by atoms with van der Waals surface area (Å²) in [5.41, 5.74) is 2.25. The van der Waals surface area contributed by atoms with Gasteiger partial charge in [0.05, 0.1) is 13.2 Å². The normalized spacial score (nSPS) is 17.1. The Morgan fingerprint density at radius 3 is 1.96 bits per heavy atom. The lowest BCUT2D eigenvalue weighted by molar-refractivity contribution is -0.502. The molecule has 2 rings (SSSR count). The van der Waals surface area contributed by atoms with Crippen molar-refractivity contribution in [3.63, 3.8) is 0 Å². The van der Waals surface area contributed by atoms with Crippen LogP contribution in [0, 0.1) is 0 Å². The van der Waals surface area contributed by atoms with E-state index in [1.54, 1.807) is 43.7 Å². The van der Waals surface area contributed by atoms with E-state index in [0.717, 1.165) is 0 Å². The molecular formula is C17H23BF4N2O4. The van der Waals surface area contributed by atoms with Crippen LogP contribution < -0.4 is 15.3 Å². The van der Waals surface area contributed by atoms with Gasteiger partial charge in [0.25, 0.3) is 5.95 Å². The van der Waals surface area contributed by atoms with Crippen LogP contribution in [0.15, 0.2) is 36.3 Å². The molecule has 1 aromatic carbocycles. The van der Waals surface area contributed by atoms with Gasteiger partial charge in [0.2, 0.25) is 0 Å². The molecule has 1 saturated heterocycles. The van der Waals surface area contributed by atoms with Crippen molar-refractivity contribution in [1.82, 2.24) is 5.43 Å². The van der Waals surface area contributed by atoms with E-state index >= 15 is 0 Å². The SMILES string of the molecule is COc1ccc(C(=O)N[NH+]=CC=C2OC(C)(C)C(C)(C)O2)cc1.F[B-](F)(F)F. The van der Waals surface area contributed by atoms with Gasteiger partial charge in [-0.05, 0) is 52.0 Å². The zero-order valence-corrected chi connectivity index (χ0v) is 16.2. The van der Waals surface area contributed by atoms with E-state index < -0.39 is 18.5 Å². The van der Waals surface area contributed by atoms with Crippen LogP contribution in [0.4, 0.5) is 17.3 Å². The largest absolute Gasteiger partial charge is 0.673 e. The number of methoxy groups -OCH3 is 1. The maximum Gasteiger partial charge on any atom is 0.673 e. The number of hydrogen-bond donors (Lipinski definition) is 2. The predicted molar refractivity (Wildman–Crippen MR) is 96.1 cm³/mol. The fourth-order valence-corrected chi connectivity index (χ4v) is 1.87. The van der Waals surface area contributed by atoms with Gasteiger partial charge in [-0.15, -0.1) is 10.5 Å². The molecule has 2 N–H and O–H groups in total. The summed E-state index contributed by atoms with van der Waals surface area (Å²) in [6.07, 6.45) is 3.18. The summed E-state index contributed by atoms with van der Waals surface area (Å²) >= 11 is 0. The molecule has 1 heterocycles. The monoisotopic (exact) mass is 406 g/mol. The summed E-state index contributed by atoms with van der Waals surface area (Å²) in [6, 6.07) is 6.82. The van der Waals surface area contributed by atoms with Crippen LogP contribution in [0.3, 0.4) is 0 Å². The molecule has 1 aliphatic heterocycles. The van der Waals surface area contributed by atoms with Gasteiger partial charge in [0.1, 0.15) is 17.0 Å². The van der Waals surface area contributed by atoms with E-state index in [4.69, 9.17) is 14.2 Å². The van der Waals surface area contributed by atoms with Crippen LogP contribution in [-0.4, -0.2) is 37.7 Å². The highest BCUT2D eigenvalue weighted by Gasteiger charge is 2.48.